The van der Waals surface area contributed by atoms with E-state index in [9.17, 15) is 9.90 Å². The molecule has 0 radical (unpaired) electrons. The predicted octanol–water partition coefficient (Wildman–Crippen LogP) is 3.26. The van der Waals surface area contributed by atoms with E-state index in [0.717, 1.165) is 11.1 Å². The van der Waals surface area contributed by atoms with Crippen LogP contribution < -0.4 is 15.0 Å². The number of benzene rings is 2. The van der Waals surface area contributed by atoms with Crippen molar-refractivity contribution < 1.29 is 14.6 Å². The van der Waals surface area contributed by atoms with E-state index in [-0.39, 0.29) is 23.0 Å². The molecule has 0 saturated carbocycles. The molecular weight excluding hydrogens is 378 g/mol. The van der Waals surface area contributed by atoms with Gasteiger partial charge in [-0.25, -0.2) is 0 Å². The second kappa shape index (κ2) is 7.32. The molecule has 2 heterocycles. The van der Waals surface area contributed by atoms with Gasteiger partial charge in [-0.15, -0.1) is 0 Å². The van der Waals surface area contributed by atoms with Gasteiger partial charge in [-0.2, -0.15) is 0 Å². The van der Waals surface area contributed by atoms with E-state index in [2.05, 4.69) is 9.98 Å². The molecule has 0 aliphatic carbocycles. The molecule has 1 aromatic heterocycles. The number of ether oxygens (including phenoxy) is 2. The van der Waals surface area contributed by atoms with Crippen LogP contribution in [0.3, 0.4) is 0 Å². The monoisotopic (exact) mass is 395 g/mol. The van der Waals surface area contributed by atoms with Crippen molar-refractivity contribution in [2.24, 2.45) is 4.99 Å². The molecule has 0 atom stereocenters. The van der Waals surface area contributed by atoms with Crippen LogP contribution in [0.1, 0.15) is 16.7 Å². The third kappa shape index (κ3) is 3.41. The summed E-state index contributed by atoms with van der Waals surface area (Å²) < 4.78 is 12.1. The summed E-state index contributed by atoms with van der Waals surface area (Å²) in [6.07, 6.45) is 1.35. The van der Waals surface area contributed by atoms with Crippen LogP contribution in [0, 0.1) is 11.7 Å². The Kier molecular flexibility index (Phi) is 4.70. The minimum Gasteiger partial charge on any atom is -0.494 e. The maximum absolute atomic E-state index is 12.3. The van der Waals surface area contributed by atoms with E-state index in [1.807, 2.05) is 49.4 Å². The molecule has 28 heavy (non-hydrogen) atoms. The summed E-state index contributed by atoms with van der Waals surface area (Å²) >= 11 is 5.21. The Hall–Kier alpha value is -3.39. The van der Waals surface area contributed by atoms with E-state index in [0.29, 0.717) is 23.7 Å². The highest BCUT2D eigenvalue weighted by molar-refractivity contribution is 7.71. The number of aromatic nitrogens is 2. The standard InChI is InChI=1S/C20H17N3O4S/c1-12-2-5-14(6-3-12)23-19(25)15(18(24)22-20(23)28)10-21-9-13-4-7-16-17(8-13)27-11-26-16/h2-8,10,25H,9,11H2,1H3,(H,22,24,28). The summed E-state index contributed by atoms with van der Waals surface area (Å²) in [7, 11) is 0. The zero-order valence-corrected chi connectivity index (χ0v) is 15.8. The second-order valence-corrected chi connectivity index (χ2v) is 6.71. The van der Waals surface area contributed by atoms with Gasteiger partial charge in [-0.1, -0.05) is 23.8 Å². The first-order valence-corrected chi connectivity index (χ1v) is 8.97. The largest absolute Gasteiger partial charge is 0.494 e. The number of H-pyrrole nitrogens is 1. The van der Waals surface area contributed by atoms with Gasteiger partial charge in [0.2, 0.25) is 12.7 Å². The Bertz CT molecular complexity index is 1180. The minimum atomic E-state index is -0.500. The van der Waals surface area contributed by atoms with Crippen molar-refractivity contribution >= 4 is 18.4 Å². The number of aromatic amines is 1. The Morgan fingerprint density at radius 1 is 1.21 bits per heavy atom. The molecule has 0 unspecified atom stereocenters. The fourth-order valence-electron chi connectivity index (χ4n) is 2.87. The molecule has 0 amide bonds. The van der Waals surface area contributed by atoms with Crippen molar-refractivity contribution in [2.75, 3.05) is 6.79 Å². The number of rotatable bonds is 4. The fraction of sp³-hybridized carbons (Fsp3) is 0.150. The van der Waals surface area contributed by atoms with E-state index in [1.54, 1.807) is 0 Å². The Labute approximate surface area is 165 Å². The number of aryl methyl sites for hydroxylation is 1. The van der Waals surface area contributed by atoms with Gasteiger partial charge in [0.1, 0.15) is 5.56 Å². The van der Waals surface area contributed by atoms with Crippen molar-refractivity contribution in [1.82, 2.24) is 9.55 Å². The molecule has 2 aromatic carbocycles. The van der Waals surface area contributed by atoms with Gasteiger partial charge >= 0.3 is 0 Å². The molecule has 8 heteroatoms. The van der Waals surface area contributed by atoms with Crippen LogP contribution in [-0.2, 0) is 6.54 Å². The molecule has 0 saturated heterocycles. The summed E-state index contributed by atoms with van der Waals surface area (Å²) in [4.78, 5) is 19.1. The third-order valence-corrected chi connectivity index (χ3v) is 4.63. The maximum atomic E-state index is 12.3. The fourth-order valence-corrected chi connectivity index (χ4v) is 3.15. The maximum Gasteiger partial charge on any atom is 0.264 e. The first-order valence-electron chi connectivity index (χ1n) is 8.56. The Morgan fingerprint density at radius 3 is 2.75 bits per heavy atom. The molecule has 2 N–H and O–H groups in total. The molecule has 0 spiro atoms. The zero-order chi connectivity index (χ0) is 19.7. The van der Waals surface area contributed by atoms with Gasteiger partial charge in [-0.3, -0.25) is 19.3 Å². The van der Waals surface area contributed by atoms with Crippen molar-refractivity contribution in [2.45, 2.75) is 13.5 Å². The summed E-state index contributed by atoms with van der Waals surface area (Å²) in [5, 5.41) is 10.6. The molecule has 0 bridgehead atoms. The lowest BCUT2D eigenvalue weighted by atomic mass is 10.2. The highest BCUT2D eigenvalue weighted by Gasteiger charge is 2.14. The Morgan fingerprint density at radius 2 is 1.96 bits per heavy atom. The summed E-state index contributed by atoms with van der Waals surface area (Å²) in [6, 6.07) is 12.9. The van der Waals surface area contributed by atoms with Gasteiger partial charge < -0.3 is 14.6 Å². The molecule has 1 aliphatic rings. The van der Waals surface area contributed by atoms with E-state index < -0.39 is 5.56 Å². The molecule has 3 aromatic rings. The van der Waals surface area contributed by atoms with Crippen LogP contribution in [-0.4, -0.2) is 27.7 Å². The van der Waals surface area contributed by atoms with Crippen molar-refractivity contribution in [3.05, 3.63) is 74.3 Å². The van der Waals surface area contributed by atoms with Gasteiger partial charge in [0.05, 0.1) is 12.2 Å². The van der Waals surface area contributed by atoms with Crippen molar-refractivity contribution in [3.63, 3.8) is 0 Å². The minimum absolute atomic E-state index is 0.0370. The number of hydrogen-bond donors (Lipinski definition) is 2. The smallest absolute Gasteiger partial charge is 0.264 e. The van der Waals surface area contributed by atoms with Crippen LogP contribution in [0.15, 0.2) is 52.3 Å². The molecule has 7 nitrogen and oxygen atoms in total. The number of nitrogens with one attached hydrogen (secondary N) is 1. The zero-order valence-electron chi connectivity index (χ0n) is 15.0. The molecular formula is C20H17N3O4S. The molecule has 4 rings (SSSR count). The van der Waals surface area contributed by atoms with E-state index in [4.69, 9.17) is 21.7 Å². The van der Waals surface area contributed by atoms with E-state index in [1.165, 1.54) is 10.8 Å². The SMILES string of the molecule is Cc1ccc(-n2c(O)c(C=NCc3ccc4c(c3)OCO4)c(=O)[nH]c2=S)cc1. The summed E-state index contributed by atoms with van der Waals surface area (Å²) in [5.41, 5.74) is 2.15. The third-order valence-electron chi connectivity index (χ3n) is 4.34. The first-order chi connectivity index (χ1) is 13.5. The molecule has 0 fully saturated rings. The lowest BCUT2D eigenvalue weighted by molar-refractivity contribution is 0.174. The predicted molar refractivity (Wildman–Crippen MR) is 107 cm³/mol. The van der Waals surface area contributed by atoms with E-state index >= 15 is 0 Å². The van der Waals surface area contributed by atoms with Crippen LogP contribution >= 0.6 is 12.2 Å². The average Bonchev–Trinajstić information content (AvgIpc) is 3.13. The number of hydrogen-bond acceptors (Lipinski definition) is 6. The highest BCUT2D eigenvalue weighted by Crippen LogP contribution is 2.32. The van der Waals surface area contributed by atoms with Crippen LogP contribution in [0.2, 0.25) is 0 Å². The number of nitrogens with zero attached hydrogens (tertiary/aromatic N) is 2. The summed E-state index contributed by atoms with van der Waals surface area (Å²) in [6.45, 7) is 2.48. The van der Waals surface area contributed by atoms with Crippen molar-refractivity contribution in [3.8, 4) is 23.1 Å². The highest BCUT2D eigenvalue weighted by atomic mass is 32.1. The number of aromatic hydroxyl groups is 1. The molecule has 142 valence electrons. The van der Waals surface area contributed by atoms with Gasteiger partial charge in [0.25, 0.3) is 5.56 Å². The van der Waals surface area contributed by atoms with Crippen LogP contribution in [0.25, 0.3) is 5.69 Å². The lowest BCUT2D eigenvalue weighted by Gasteiger charge is -2.11. The van der Waals surface area contributed by atoms with Gasteiger partial charge in [0, 0.05) is 6.21 Å². The summed E-state index contributed by atoms with van der Waals surface area (Å²) in [5.74, 6) is 1.11. The van der Waals surface area contributed by atoms with Gasteiger partial charge in [0.15, 0.2) is 16.3 Å². The van der Waals surface area contributed by atoms with Crippen LogP contribution in [0.4, 0.5) is 0 Å². The van der Waals surface area contributed by atoms with Crippen LogP contribution in [0.5, 0.6) is 17.4 Å². The molecule has 1 aliphatic heterocycles. The average molecular weight is 395 g/mol. The normalized spacial score (nSPS) is 12.6. The first kappa shape index (κ1) is 18.0. The Balaban J connectivity index is 1.65. The topological polar surface area (TPSA) is 88.8 Å². The van der Waals surface area contributed by atoms with Gasteiger partial charge in [-0.05, 0) is 49.0 Å². The quantitative estimate of drug-likeness (QED) is 0.523. The lowest BCUT2D eigenvalue weighted by Crippen LogP contribution is -2.18. The number of aliphatic imine (C=N–C) groups is 1. The second-order valence-electron chi connectivity index (χ2n) is 6.32. The van der Waals surface area contributed by atoms with Crippen molar-refractivity contribution in [1.29, 1.82) is 0 Å². The number of fused-ring (bicyclic) bond motifs is 1.